The molecule has 0 saturated carbocycles. The van der Waals surface area contributed by atoms with Crippen LogP contribution in [0.3, 0.4) is 0 Å². The minimum absolute atomic E-state index is 0.0808. The van der Waals surface area contributed by atoms with Gasteiger partial charge in [0.05, 0.1) is 19.3 Å². The SMILES string of the molecule is Nc1ccnc(CN2CCO[C@@H](c3cccc(Br)c3)C2)n1. The molecule has 1 aliphatic rings. The summed E-state index contributed by atoms with van der Waals surface area (Å²) >= 11 is 3.50. The number of morpholine rings is 1. The summed E-state index contributed by atoms with van der Waals surface area (Å²) in [6.07, 6.45) is 1.78. The van der Waals surface area contributed by atoms with Gasteiger partial charge in [-0.1, -0.05) is 28.1 Å². The molecule has 0 aliphatic carbocycles. The van der Waals surface area contributed by atoms with Gasteiger partial charge in [0.15, 0.2) is 0 Å². The molecule has 3 rings (SSSR count). The number of nitrogen functional groups attached to an aromatic ring is 1. The first kappa shape index (κ1) is 14.4. The van der Waals surface area contributed by atoms with Crippen LogP contribution in [0.5, 0.6) is 0 Å². The molecule has 21 heavy (non-hydrogen) atoms. The van der Waals surface area contributed by atoms with Crippen molar-refractivity contribution < 1.29 is 4.74 Å². The van der Waals surface area contributed by atoms with E-state index < -0.39 is 0 Å². The van der Waals surface area contributed by atoms with E-state index in [1.54, 1.807) is 12.3 Å². The van der Waals surface area contributed by atoms with E-state index in [4.69, 9.17) is 10.5 Å². The predicted octanol–water partition coefficient (Wildman–Crippen LogP) is 2.39. The van der Waals surface area contributed by atoms with Gasteiger partial charge in [-0.05, 0) is 23.8 Å². The van der Waals surface area contributed by atoms with Crippen molar-refractivity contribution in [3.05, 3.63) is 52.4 Å². The Morgan fingerprint density at radius 1 is 1.38 bits per heavy atom. The Kier molecular flexibility index (Phi) is 4.48. The molecular weight excluding hydrogens is 332 g/mol. The van der Waals surface area contributed by atoms with Crippen molar-refractivity contribution in [2.75, 3.05) is 25.4 Å². The molecule has 5 nitrogen and oxygen atoms in total. The Morgan fingerprint density at radius 2 is 2.29 bits per heavy atom. The van der Waals surface area contributed by atoms with E-state index >= 15 is 0 Å². The average molecular weight is 349 g/mol. The van der Waals surface area contributed by atoms with Crippen LogP contribution in [0, 0.1) is 0 Å². The third-order valence-corrected chi connectivity index (χ3v) is 3.96. The van der Waals surface area contributed by atoms with Crippen LogP contribution in [0.25, 0.3) is 0 Å². The molecule has 0 unspecified atom stereocenters. The van der Waals surface area contributed by atoms with E-state index in [1.165, 1.54) is 5.56 Å². The van der Waals surface area contributed by atoms with Crippen molar-refractivity contribution in [2.24, 2.45) is 0 Å². The van der Waals surface area contributed by atoms with Crippen LogP contribution in [-0.2, 0) is 11.3 Å². The van der Waals surface area contributed by atoms with E-state index in [9.17, 15) is 0 Å². The van der Waals surface area contributed by atoms with Crippen molar-refractivity contribution in [1.29, 1.82) is 0 Å². The van der Waals surface area contributed by atoms with Gasteiger partial charge >= 0.3 is 0 Å². The topological polar surface area (TPSA) is 64.3 Å². The summed E-state index contributed by atoms with van der Waals surface area (Å²) in [4.78, 5) is 10.8. The summed E-state index contributed by atoms with van der Waals surface area (Å²) in [5.74, 6) is 1.27. The molecule has 0 bridgehead atoms. The van der Waals surface area contributed by atoms with Crippen LogP contribution in [0.15, 0.2) is 41.0 Å². The Morgan fingerprint density at radius 3 is 3.10 bits per heavy atom. The zero-order valence-corrected chi connectivity index (χ0v) is 13.2. The second-order valence-corrected chi connectivity index (χ2v) is 5.96. The smallest absolute Gasteiger partial charge is 0.144 e. The van der Waals surface area contributed by atoms with Crippen LogP contribution in [0.4, 0.5) is 5.82 Å². The van der Waals surface area contributed by atoms with Gasteiger partial charge in [0.1, 0.15) is 11.6 Å². The molecule has 1 atom stereocenters. The van der Waals surface area contributed by atoms with E-state index in [0.29, 0.717) is 19.0 Å². The largest absolute Gasteiger partial charge is 0.384 e. The third kappa shape index (κ3) is 3.78. The Balaban J connectivity index is 1.68. The molecule has 2 heterocycles. The highest BCUT2D eigenvalue weighted by Crippen LogP contribution is 2.25. The van der Waals surface area contributed by atoms with Crippen molar-refractivity contribution >= 4 is 21.7 Å². The fourth-order valence-corrected chi connectivity index (χ4v) is 2.86. The highest BCUT2D eigenvalue weighted by atomic mass is 79.9. The Labute approximate surface area is 132 Å². The number of benzene rings is 1. The Hall–Kier alpha value is -1.50. The molecule has 0 amide bonds. The zero-order chi connectivity index (χ0) is 14.7. The second-order valence-electron chi connectivity index (χ2n) is 5.05. The van der Waals surface area contributed by atoms with Crippen LogP contribution >= 0.6 is 15.9 Å². The minimum atomic E-state index is 0.0808. The summed E-state index contributed by atoms with van der Waals surface area (Å²) in [6.45, 7) is 3.11. The van der Waals surface area contributed by atoms with Gasteiger partial charge in [0, 0.05) is 23.8 Å². The first-order valence-electron chi connectivity index (χ1n) is 6.87. The van der Waals surface area contributed by atoms with Gasteiger partial charge in [0.2, 0.25) is 0 Å². The third-order valence-electron chi connectivity index (χ3n) is 3.46. The summed E-state index contributed by atoms with van der Waals surface area (Å²) in [5, 5.41) is 0. The van der Waals surface area contributed by atoms with Gasteiger partial charge in [-0.2, -0.15) is 0 Å². The van der Waals surface area contributed by atoms with Crippen molar-refractivity contribution in [2.45, 2.75) is 12.6 Å². The van der Waals surface area contributed by atoms with Gasteiger partial charge in [-0.25, -0.2) is 9.97 Å². The number of hydrogen-bond donors (Lipinski definition) is 1. The summed E-state index contributed by atoms with van der Waals surface area (Å²) < 4.78 is 6.95. The first-order valence-corrected chi connectivity index (χ1v) is 7.67. The maximum Gasteiger partial charge on any atom is 0.144 e. The van der Waals surface area contributed by atoms with Gasteiger partial charge < -0.3 is 10.5 Å². The van der Waals surface area contributed by atoms with E-state index in [-0.39, 0.29) is 6.10 Å². The van der Waals surface area contributed by atoms with Crippen LogP contribution in [0.1, 0.15) is 17.5 Å². The van der Waals surface area contributed by atoms with Crippen LogP contribution in [0.2, 0.25) is 0 Å². The first-order chi connectivity index (χ1) is 10.2. The molecule has 1 fully saturated rings. The monoisotopic (exact) mass is 348 g/mol. The van der Waals surface area contributed by atoms with Gasteiger partial charge in [-0.15, -0.1) is 0 Å². The van der Waals surface area contributed by atoms with Crippen molar-refractivity contribution in [3.63, 3.8) is 0 Å². The number of aromatic nitrogens is 2. The molecule has 2 N–H and O–H groups in total. The minimum Gasteiger partial charge on any atom is -0.384 e. The zero-order valence-electron chi connectivity index (χ0n) is 11.6. The summed E-state index contributed by atoms with van der Waals surface area (Å²) in [6, 6.07) is 9.95. The molecule has 1 aliphatic heterocycles. The lowest BCUT2D eigenvalue weighted by Gasteiger charge is -2.32. The molecule has 0 radical (unpaired) electrons. The predicted molar refractivity (Wildman–Crippen MR) is 84.6 cm³/mol. The maximum atomic E-state index is 5.88. The lowest BCUT2D eigenvalue weighted by molar-refractivity contribution is -0.0336. The number of rotatable bonds is 3. The quantitative estimate of drug-likeness (QED) is 0.922. The van der Waals surface area contributed by atoms with E-state index in [2.05, 4.69) is 42.9 Å². The highest BCUT2D eigenvalue weighted by Gasteiger charge is 2.22. The van der Waals surface area contributed by atoms with E-state index in [1.807, 2.05) is 12.1 Å². The number of anilines is 1. The standard InChI is InChI=1S/C15H17BrN4O/c16-12-3-1-2-11(8-12)13-9-20(6-7-21-13)10-15-18-5-4-14(17)19-15/h1-5,8,13H,6-7,9-10H2,(H2,17,18,19)/t13-/m1/s1. The average Bonchev–Trinajstić information content (AvgIpc) is 2.47. The number of ether oxygens (including phenoxy) is 1. The molecule has 1 aromatic heterocycles. The van der Waals surface area contributed by atoms with Crippen molar-refractivity contribution in [1.82, 2.24) is 14.9 Å². The maximum absolute atomic E-state index is 5.88. The molecule has 6 heteroatoms. The molecule has 1 aromatic carbocycles. The van der Waals surface area contributed by atoms with Crippen molar-refractivity contribution in [3.8, 4) is 0 Å². The van der Waals surface area contributed by atoms with Crippen LogP contribution in [-0.4, -0.2) is 34.6 Å². The number of nitrogens with two attached hydrogens (primary N) is 1. The summed E-state index contributed by atoms with van der Waals surface area (Å²) in [5.41, 5.74) is 6.88. The fraction of sp³-hybridized carbons (Fsp3) is 0.333. The molecular formula is C15H17BrN4O. The fourth-order valence-electron chi connectivity index (χ4n) is 2.45. The van der Waals surface area contributed by atoms with Crippen LogP contribution < -0.4 is 5.73 Å². The number of halogens is 1. The lowest BCUT2D eigenvalue weighted by atomic mass is 10.1. The molecule has 0 spiro atoms. The van der Waals surface area contributed by atoms with Gasteiger partial charge in [-0.3, -0.25) is 4.90 Å². The second kappa shape index (κ2) is 6.51. The highest BCUT2D eigenvalue weighted by molar-refractivity contribution is 9.10. The normalized spacial score (nSPS) is 19.6. The lowest BCUT2D eigenvalue weighted by Crippen LogP contribution is -2.38. The molecule has 2 aromatic rings. The Bertz CT molecular complexity index is 622. The molecule has 110 valence electrons. The number of nitrogens with zero attached hydrogens (tertiary/aromatic N) is 3. The molecule has 1 saturated heterocycles. The van der Waals surface area contributed by atoms with E-state index in [0.717, 1.165) is 23.4 Å². The van der Waals surface area contributed by atoms with Gasteiger partial charge in [0.25, 0.3) is 0 Å². The summed E-state index contributed by atoms with van der Waals surface area (Å²) in [7, 11) is 0. The number of hydrogen-bond acceptors (Lipinski definition) is 5.